The van der Waals surface area contributed by atoms with Crippen LogP contribution in [0.2, 0.25) is 0 Å². The molecule has 3 rings (SSSR count). The summed E-state index contributed by atoms with van der Waals surface area (Å²) in [7, 11) is 0.126. The SMILES string of the molecule is O=S(Oc1ccc([S+]2CCCCC2)c2ccccc12)C(F)(F)F. The van der Waals surface area contributed by atoms with Crippen LogP contribution in [0, 0.1) is 0 Å². The van der Waals surface area contributed by atoms with E-state index in [0.29, 0.717) is 5.39 Å². The molecular weight excluding hydrogens is 345 g/mol. The van der Waals surface area contributed by atoms with Crippen LogP contribution in [0.3, 0.4) is 0 Å². The van der Waals surface area contributed by atoms with Gasteiger partial charge in [-0.15, -0.1) is 0 Å². The molecule has 1 atom stereocenters. The minimum atomic E-state index is -4.88. The first-order valence-corrected chi connectivity index (χ1v) is 9.97. The molecule has 1 aliphatic rings. The second-order valence-electron chi connectivity index (χ2n) is 5.33. The first kappa shape index (κ1) is 16.6. The van der Waals surface area contributed by atoms with E-state index in [1.165, 1.54) is 30.2 Å². The zero-order valence-corrected chi connectivity index (χ0v) is 13.9. The average Bonchev–Trinajstić information content (AvgIpc) is 2.55. The molecule has 0 bridgehead atoms. The largest absolute Gasteiger partial charge is 0.508 e. The average molecular weight is 361 g/mol. The van der Waals surface area contributed by atoms with E-state index in [1.807, 2.05) is 18.2 Å². The molecule has 1 saturated heterocycles. The van der Waals surface area contributed by atoms with Crippen molar-refractivity contribution in [3.63, 3.8) is 0 Å². The predicted molar refractivity (Wildman–Crippen MR) is 88.0 cm³/mol. The van der Waals surface area contributed by atoms with Gasteiger partial charge in [-0.2, -0.15) is 13.2 Å². The quantitative estimate of drug-likeness (QED) is 0.749. The number of halogens is 3. The van der Waals surface area contributed by atoms with Crippen molar-refractivity contribution in [2.45, 2.75) is 29.7 Å². The van der Waals surface area contributed by atoms with E-state index < -0.39 is 16.6 Å². The summed E-state index contributed by atoms with van der Waals surface area (Å²) >= 11 is -3.35. The molecule has 0 amide bonds. The van der Waals surface area contributed by atoms with Crippen molar-refractivity contribution in [3.8, 4) is 5.75 Å². The highest BCUT2D eigenvalue weighted by Crippen LogP contribution is 2.35. The summed E-state index contributed by atoms with van der Waals surface area (Å²) in [4.78, 5) is 1.17. The predicted octanol–water partition coefficient (Wildman–Crippen LogP) is 4.56. The van der Waals surface area contributed by atoms with Crippen LogP contribution in [0.1, 0.15) is 19.3 Å². The molecule has 2 nitrogen and oxygen atoms in total. The first-order chi connectivity index (χ1) is 11.0. The van der Waals surface area contributed by atoms with Gasteiger partial charge in [0, 0.05) is 21.7 Å². The van der Waals surface area contributed by atoms with Gasteiger partial charge in [0.2, 0.25) is 0 Å². The molecule has 1 aliphatic heterocycles. The van der Waals surface area contributed by atoms with Crippen LogP contribution >= 0.6 is 0 Å². The Morgan fingerprint density at radius 2 is 1.61 bits per heavy atom. The summed E-state index contributed by atoms with van der Waals surface area (Å²) in [6, 6.07) is 10.6. The van der Waals surface area contributed by atoms with Crippen molar-refractivity contribution >= 4 is 32.7 Å². The Bertz CT molecular complexity index is 725. The number of hydrogen-bond donors (Lipinski definition) is 0. The van der Waals surface area contributed by atoms with Gasteiger partial charge in [0.15, 0.2) is 4.90 Å². The Hall–Kier alpha value is -1.21. The lowest BCUT2D eigenvalue weighted by atomic mass is 10.1. The summed E-state index contributed by atoms with van der Waals surface area (Å²) in [6.45, 7) is 0. The normalized spacial score (nSPS) is 18.0. The number of benzene rings is 2. The Kier molecular flexibility index (Phi) is 4.87. The number of hydrogen-bond acceptors (Lipinski definition) is 2. The second-order valence-corrected chi connectivity index (χ2v) is 8.67. The molecule has 0 saturated carbocycles. The first-order valence-electron chi connectivity index (χ1n) is 7.33. The topological polar surface area (TPSA) is 26.3 Å². The lowest BCUT2D eigenvalue weighted by molar-refractivity contribution is -0.0437. The van der Waals surface area contributed by atoms with Gasteiger partial charge in [0.05, 0.1) is 0 Å². The van der Waals surface area contributed by atoms with E-state index in [1.54, 1.807) is 12.1 Å². The van der Waals surface area contributed by atoms with Gasteiger partial charge < -0.3 is 4.18 Å². The molecule has 1 unspecified atom stereocenters. The molecule has 0 aromatic heterocycles. The minimum Gasteiger partial charge on any atom is -0.394 e. The van der Waals surface area contributed by atoms with E-state index in [2.05, 4.69) is 4.18 Å². The van der Waals surface area contributed by atoms with Gasteiger partial charge in [0.1, 0.15) is 17.3 Å². The molecule has 23 heavy (non-hydrogen) atoms. The fourth-order valence-corrected chi connectivity index (χ4v) is 5.65. The second kappa shape index (κ2) is 6.73. The van der Waals surface area contributed by atoms with Crippen LogP contribution in [-0.2, 0) is 22.0 Å². The van der Waals surface area contributed by atoms with E-state index in [-0.39, 0.29) is 16.6 Å². The minimum absolute atomic E-state index is 0.0145. The molecule has 2 aromatic carbocycles. The molecule has 0 aliphatic carbocycles. The third kappa shape index (κ3) is 3.66. The Labute approximate surface area is 138 Å². The van der Waals surface area contributed by atoms with Gasteiger partial charge >= 0.3 is 16.6 Å². The van der Waals surface area contributed by atoms with Crippen LogP contribution in [0.15, 0.2) is 41.3 Å². The third-order valence-electron chi connectivity index (χ3n) is 3.79. The number of fused-ring (bicyclic) bond motifs is 1. The van der Waals surface area contributed by atoms with Gasteiger partial charge in [-0.05, 0) is 37.5 Å². The van der Waals surface area contributed by atoms with Crippen LogP contribution < -0.4 is 4.18 Å². The van der Waals surface area contributed by atoms with Crippen molar-refractivity contribution in [3.05, 3.63) is 36.4 Å². The number of rotatable bonds is 3. The molecule has 0 radical (unpaired) electrons. The molecule has 1 heterocycles. The highest BCUT2D eigenvalue weighted by molar-refractivity contribution is 7.97. The van der Waals surface area contributed by atoms with Crippen LogP contribution in [0.4, 0.5) is 13.2 Å². The summed E-state index contributed by atoms with van der Waals surface area (Å²) in [6.07, 6.45) is 3.62. The standard InChI is InChI=1S/C16H16F3O2S2/c17-16(18,19)23(20)21-14-8-9-15(22-10-4-1-5-11-22)13-7-3-2-6-12(13)14/h2-3,6-9H,1,4-5,10-11H2/q+1. The summed E-state index contributed by atoms with van der Waals surface area (Å²) in [5.74, 6) is 2.26. The van der Waals surface area contributed by atoms with Gasteiger partial charge in [-0.3, -0.25) is 0 Å². The summed E-state index contributed by atoms with van der Waals surface area (Å²) < 4.78 is 53.4. The van der Waals surface area contributed by atoms with E-state index in [4.69, 9.17) is 0 Å². The lowest BCUT2D eigenvalue weighted by Crippen LogP contribution is -2.21. The molecule has 2 aromatic rings. The van der Waals surface area contributed by atoms with Crippen LogP contribution in [-0.4, -0.2) is 21.2 Å². The van der Waals surface area contributed by atoms with E-state index >= 15 is 0 Å². The smallest absolute Gasteiger partial charge is 0.394 e. The van der Waals surface area contributed by atoms with Gasteiger partial charge in [0.25, 0.3) is 0 Å². The molecule has 0 spiro atoms. The van der Waals surface area contributed by atoms with Crippen molar-refractivity contribution in [1.29, 1.82) is 0 Å². The van der Waals surface area contributed by atoms with Gasteiger partial charge in [-0.1, -0.05) is 18.2 Å². The Balaban J connectivity index is 2.00. The maximum absolute atomic E-state index is 12.5. The maximum atomic E-state index is 12.5. The summed E-state index contributed by atoms with van der Waals surface area (Å²) in [5.41, 5.74) is -4.88. The van der Waals surface area contributed by atoms with Crippen LogP contribution in [0.25, 0.3) is 10.8 Å². The third-order valence-corrected chi connectivity index (χ3v) is 7.04. The van der Waals surface area contributed by atoms with Crippen molar-refractivity contribution in [1.82, 2.24) is 0 Å². The molecular formula is C16H16F3O2S2+. The zero-order chi connectivity index (χ0) is 16.4. The highest BCUT2D eigenvalue weighted by Gasteiger charge is 2.40. The number of alkyl halides is 3. The Morgan fingerprint density at radius 3 is 2.26 bits per heavy atom. The van der Waals surface area contributed by atoms with Gasteiger partial charge in [-0.25, -0.2) is 4.21 Å². The van der Waals surface area contributed by atoms with Crippen LogP contribution in [0.5, 0.6) is 5.75 Å². The van der Waals surface area contributed by atoms with E-state index in [0.717, 1.165) is 16.9 Å². The van der Waals surface area contributed by atoms with Crippen molar-refractivity contribution in [2.24, 2.45) is 0 Å². The highest BCUT2D eigenvalue weighted by atomic mass is 32.2. The van der Waals surface area contributed by atoms with Crippen molar-refractivity contribution in [2.75, 3.05) is 11.5 Å². The maximum Gasteiger partial charge on any atom is 0.508 e. The molecule has 0 N–H and O–H groups in total. The fraction of sp³-hybridized carbons (Fsp3) is 0.375. The van der Waals surface area contributed by atoms with Crippen molar-refractivity contribution < 1.29 is 21.6 Å². The molecule has 7 heteroatoms. The fourth-order valence-electron chi connectivity index (χ4n) is 2.75. The Morgan fingerprint density at radius 1 is 0.957 bits per heavy atom. The molecule has 1 fully saturated rings. The molecule has 124 valence electrons. The monoisotopic (exact) mass is 361 g/mol. The summed E-state index contributed by atoms with van der Waals surface area (Å²) in [5, 5.41) is 1.48. The zero-order valence-electron chi connectivity index (χ0n) is 12.3. The lowest BCUT2D eigenvalue weighted by Gasteiger charge is -2.16. The van der Waals surface area contributed by atoms with E-state index in [9.17, 15) is 17.4 Å².